The molecule has 4 nitrogen and oxygen atoms in total. The molecule has 1 aliphatic heterocycles. The van der Waals surface area contributed by atoms with Crippen LogP contribution in [0.25, 0.3) is 0 Å². The highest BCUT2D eigenvalue weighted by Gasteiger charge is 2.21. The van der Waals surface area contributed by atoms with Crippen LogP contribution in [0, 0.1) is 6.92 Å². The molecule has 78 valence electrons. The van der Waals surface area contributed by atoms with Gasteiger partial charge >= 0.3 is 0 Å². The van der Waals surface area contributed by atoms with E-state index in [2.05, 4.69) is 40.7 Å². The molecule has 4 heteroatoms. The Morgan fingerprint density at radius 3 is 2.93 bits per heavy atom. The maximum atomic E-state index is 4.45. The average Bonchev–Trinajstić information content (AvgIpc) is 2.49. The van der Waals surface area contributed by atoms with Crippen LogP contribution in [-0.2, 0) is 7.05 Å². The highest BCUT2D eigenvalue weighted by Crippen LogP contribution is 2.16. The smallest absolute Gasteiger partial charge is 0.205 e. The quantitative estimate of drug-likeness (QED) is 0.708. The normalized spacial score (nSPS) is 22.8. The monoisotopic (exact) mass is 194 g/mol. The van der Waals surface area contributed by atoms with Crippen LogP contribution in [0.15, 0.2) is 6.20 Å². The Kier molecular flexibility index (Phi) is 2.46. The number of hydrogen-bond acceptors (Lipinski definition) is 3. The SMILES string of the molecule is Cc1cnc(N2CCNC[C@@H]2C)n1C. The first-order chi connectivity index (χ1) is 6.70. The van der Waals surface area contributed by atoms with Gasteiger partial charge in [0.25, 0.3) is 0 Å². The number of nitrogens with one attached hydrogen (secondary N) is 1. The number of imidazole rings is 1. The number of rotatable bonds is 1. The first-order valence-corrected chi connectivity index (χ1v) is 5.16. The van der Waals surface area contributed by atoms with Gasteiger partial charge in [-0.1, -0.05) is 0 Å². The van der Waals surface area contributed by atoms with E-state index >= 15 is 0 Å². The van der Waals surface area contributed by atoms with Crippen molar-refractivity contribution in [3.8, 4) is 0 Å². The topological polar surface area (TPSA) is 33.1 Å². The van der Waals surface area contributed by atoms with Crippen molar-refractivity contribution in [2.45, 2.75) is 19.9 Å². The predicted octanol–water partition coefficient (Wildman–Crippen LogP) is 0.527. The molecule has 1 saturated heterocycles. The number of aromatic nitrogens is 2. The summed E-state index contributed by atoms with van der Waals surface area (Å²) in [4.78, 5) is 6.82. The van der Waals surface area contributed by atoms with Crippen molar-refractivity contribution in [1.82, 2.24) is 14.9 Å². The Balaban J connectivity index is 2.24. The summed E-state index contributed by atoms with van der Waals surface area (Å²) in [5.41, 5.74) is 1.21. The second-order valence-electron chi connectivity index (χ2n) is 4.01. The summed E-state index contributed by atoms with van der Waals surface area (Å²) < 4.78 is 2.15. The largest absolute Gasteiger partial charge is 0.337 e. The fraction of sp³-hybridized carbons (Fsp3) is 0.700. The van der Waals surface area contributed by atoms with Crippen molar-refractivity contribution in [3.05, 3.63) is 11.9 Å². The molecule has 0 aliphatic carbocycles. The molecule has 14 heavy (non-hydrogen) atoms. The third-order valence-corrected chi connectivity index (χ3v) is 2.95. The van der Waals surface area contributed by atoms with Crippen molar-refractivity contribution in [1.29, 1.82) is 0 Å². The van der Waals surface area contributed by atoms with E-state index < -0.39 is 0 Å². The van der Waals surface area contributed by atoms with Gasteiger partial charge in [-0.25, -0.2) is 4.98 Å². The molecule has 0 bridgehead atoms. The summed E-state index contributed by atoms with van der Waals surface area (Å²) in [6, 6.07) is 0.532. The molecule has 1 atom stereocenters. The maximum Gasteiger partial charge on any atom is 0.205 e. The summed E-state index contributed by atoms with van der Waals surface area (Å²) in [5, 5.41) is 3.38. The van der Waals surface area contributed by atoms with Crippen LogP contribution < -0.4 is 10.2 Å². The Labute approximate surface area is 84.9 Å². The van der Waals surface area contributed by atoms with Crippen LogP contribution in [0.5, 0.6) is 0 Å². The van der Waals surface area contributed by atoms with Crippen LogP contribution in [-0.4, -0.2) is 35.2 Å². The van der Waals surface area contributed by atoms with Crippen molar-refractivity contribution in [2.24, 2.45) is 7.05 Å². The van der Waals surface area contributed by atoms with Gasteiger partial charge in [-0.2, -0.15) is 0 Å². The number of piperazine rings is 1. The summed E-state index contributed by atoms with van der Waals surface area (Å²) in [6.45, 7) is 7.47. The van der Waals surface area contributed by atoms with Gasteiger partial charge in [0.05, 0.1) is 6.20 Å². The molecule has 0 radical (unpaired) electrons. The number of hydrogen-bond donors (Lipinski definition) is 1. The van der Waals surface area contributed by atoms with Crippen LogP contribution in [0.4, 0.5) is 5.95 Å². The Morgan fingerprint density at radius 2 is 2.36 bits per heavy atom. The molecule has 1 aromatic heterocycles. The molecule has 1 aliphatic rings. The van der Waals surface area contributed by atoms with Crippen LogP contribution in [0.3, 0.4) is 0 Å². The standard InChI is InChI=1S/C10H18N4/c1-8-7-12-10(13(8)3)14-5-4-11-6-9(14)2/h7,9,11H,4-6H2,1-3H3/t9-/m0/s1. The molecule has 0 aromatic carbocycles. The molecule has 2 rings (SSSR count). The fourth-order valence-corrected chi connectivity index (χ4v) is 1.89. The second kappa shape index (κ2) is 3.61. The zero-order valence-electron chi connectivity index (χ0n) is 9.12. The average molecular weight is 194 g/mol. The first-order valence-electron chi connectivity index (χ1n) is 5.16. The minimum atomic E-state index is 0.532. The zero-order valence-corrected chi connectivity index (χ0v) is 9.12. The molecule has 0 unspecified atom stereocenters. The minimum absolute atomic E-state index is 0.532. The lowest BCUT2D eigenvalue weighted by molar-refractivity contribution is 0.488. The van der Waals surface area contributed by atoms with E-state index in [-0.39, 0.29) is 0 Å². The lowest BCUT2D eigenvalue weighted by atomic mass is 10.2. The molecule has 1 aromatic rings. The summed E-state index contributed by atoms with van der Waals surface area (Å²) in [7, 11) is 2.08. The maximum absolute atomic E-state index is 4.45. The summed E-state index contributed by atoms with van der Waals surface area (Å²) >= 11 is 0. The molecule has 0 amide bonds. The molecular weight excluding hydrogens is 176 g/mol. The van der Waals surface area contributed by atoms with E-state index in [1.807, 2.05) is 6.20 Å². The zero-order chi connectivity index (χ0) is 10.1. The van der Waals surface area contributed by atoms with Gasteiger partial charge < -0.3 is 14.8 Å². The fourth-order valence-electron chi connectivity index (χ4n) is 1.89. The molecule has 0 saturated carbocycles. The molecule has 0 spiro atoms. The predicted molar refractivity (Wildman–Crippen MR) is 57.6 cm³/mol. The number of nitrogens with zero attached hydrogens (tertiary/aromatic N) is 3. The van der Waals surface area contributed by atoms with Gasteiger partial charge in [0, 0.05) is 38.4 Å². The molecular formula is C10H18N4. The summed E-state index contributed by atoms with van der Waals surface area (Å²) in [5.74, 6) is 1.09. The molecule has 1 N–H and O–H groups in total. The van der Waals surface area contributed by atoms with E-state index in [9.17, 15) is 0 Å². The Bertz CT molecular complexity index is 318. The lowest BCUT2D eigenvalue weighted by Crippen LogP contribution is -2.50. The second-order valence-corrected chi connectivity index (χ2v) is 4.01. The third kappa shape index (κ3) is 1.50. The van der Waals surface area contributed by atoms with E-state index in [0.29, 0.717) is 6.04 Å². The van der Waals surface area contributed by atoms with Gasteiger partial charge in [0.2, 0.25) is 5.95 Å². The Morgan fingerprint density at radius 1 is 1.57 bits per heavy atom. The minimum Gasteiger partial charge on any atom is -0.337 e. The highest BCUT2D eigenvalue weighted by molar-refractivity contribution is 5.35. The van der Waals surface area contributed by atoms with Gasteiger partial charge in [-0.3, -0.25) is 0 Å². The van der Waals surface area contributed by atoms with Crippen LogP contribution in [0.1, 0.15) is 12.6 Å². The van der Waals surface area contributed by atoms with E-state index in [1.54, 1.807) is 0 Å². The number of aryl methyl sites for hydroxylation is 1. The van der Waals surface area contributed by atoms with Crippen molar-refractivity contribution >= 4 is 5.95 Å². The molecule has 2 heterocycles. The molecule has 1 fully saturated rings. The van der Waals surface area contributed by atoms with E-state index in [1.165, 1.54) is 5.69 Å². The summed E-state index contributed by atoms with van der Waals surface area (Å²) in [6.07, 6.45) is 1.93. The van der Waals surface area contributed by atoms with Gasteiger partial charge in [0.1, 0.15) is 0 Å². The van der Waals surface area contributed by atoms with Crippen molar-refractivity contribution in [2.75, 3.05) is 24.5 Å². The lowest BCUT2D eigenvalue weighted by Gasteiger charge is -2.34. The van der Waals surface area contributed by atoms with Gasteiger partial charge in [0.15, 0.2) is 0 Å². The Hall–Kier alpha value is -1.03. The first kappa shape index (κ1) is 9.52. The van der Waals surface area contributed by atoms with Gasteiger partial charge in [-0.15, -0.1) is 0 Å². The highest BCUT2D eigenvalue weighted by atomic mass is 15.3. The van der Waals surface area contributed by atoms with Gasteiger partial charge in [-0.05, 0) is 13.8 Å². The van der Waals surface area contributed by atoms with Crippen molar-refractivity contribution < 1.29 is 0 Å². The van der Waals surface area contributed by atoms with Crippen LogP contribution in [0.2, 0.25) is 0 Å². The number of anilines is 1. The third-order valence-electron chi connectivity index (χ3n) is 2.95. The van der Waals surface area contributed by atoms with E-state index in [4.69, 9.17) is 0 Å². The van der Waals surface area contributed by atoms with Crippen LogP contribution >= 0.6 is 0 Å². The van der Waals surface area contributed by atoms with Crippen molar-refractivity contribution in [3.63, 3.8) is 0 Å². The van der Waals surface area contributed by atoms with E-state index in [0.717, 1.165) is 25.6 Å².